The van der Waals surface area contributed by atoms with E-state index in [4.69, 9.17) is 4.98 Å². The number of aromatic nitrogens is 5. The fourth-order valence-corrected chi connectivity index (χ4v) is 3.75. The Hall–Kier alpha value is -2.70. The summed E-state index contributed by atoms with van der Waals surface area (Å²) < 4.78 is 2.08. The SMILES string of the molecule is CCc1nccn1CCC(=O)N1CCC[C@@H](c2ccc3cn[nH]c3n2)C1. The Balaban J connectivity index is 1.40. The molecule has 1 fully saturated rings. The van der Waals surface area contributed by atoms with E-state index in [-0.39, 0.29) is 5.91 Å². The number of carbonyl (C=O) groups is 1. The Bertz CT molecular complexity index is 898. The lowest BCUT2D eigenvalue weighted by Crippen LogP contribution is -2.39. The number of aromatic amines is 1. The van der Waals surface area contributed by atoms with Gasteiger partial charge in [-0.15, -0.1) is 0 Å². The number of carbonyl (C=O) groups excluding carboxylic acids is 1. The molecule has 1 atom stereocenters. The molecular formula is C19H24N6O. The predicted molar refractivity (Wildman–Crippen MR) is 98.7 cm³/mol. The minimum atomic E-state index is 0.216. The molecule has 7 heteroatoms. The van der Waals surface area contributed by atoms with Gasteiger partial charge in [0.1, 0.15) is 5.82 Å². The fraction of sp³-hybridized carbons (Fsp3) is 0.474. The molecule has 136 valence electrons. The molecule has 1 saturated heterocycles. The number of amides is 1. The van der Waals surface area contributed by atoms with Gasteiger partial charge in [-0.1, -0.05) is 6.92 Å². The number of imidazole rings is 1. The van der Waals surface area contributed by atoms with Crippen LogP contribution in [0.1, 0.15) is 43.6 Å². The highest BCUT2D eigenvalue weighted by molar-refractivity contribution is 5.76. The largest absolute Gasteiger partial charge is 0.342 e. The maximum Gasteiger partial charge on any atom is 0.224 e. The molecule has 26 heavy (non-hydrogen) atoms. The molecule has 0 bridgehead atoms. The Labute approximate surface area is 152 Å². The van der Waals surface area contributed by atoms with E-state index in [2.05, 4.69) is 32.7 Å². The molecule has 4 rings (SSSR count). The van der Waals surface area contributed by atoms with E-state index in [1.165, 1.54) is 0 Å². The third-order valence-corrected chi connectivity index (χ3v) is 5.20. The molecule has 0 saturated carbocycles. The molecule has 3 aromatic heterocycles. The van der Waals surface area contributed by atoms with Crippen LogP contribution in [0, 0.1) is 0 Å². The average molecular weight is 352 g/mol. The number of hydrogen-bond donors (Lipinski definition) is 1. The third kappa shape index (κ3) is 3.34. The van der Waals surface area contributed by atoms with Gasteiger partial charge in [0, 0.05) is 61.9 Å². The van der Waals surface area contributed by atoms with E-state index in [9.17, 15) is 4.79 Å². The highest BCUT2D eigenvalue weighted by Gasteiger charge is 2.25. The monoisotopic (exact) mass is 352 g/mol. The van der Waals surface area contributed by atoms with E-state index in [1.54, 1.807) is 12.4 Å². The van der Waals surface area contributed by atoms with Crippen molar-refractivity contribution in [1.82, 2.24) is 29.6 Å². The zero-order valence-electron chi connectivity index (χ0n) is 15.1. The van der Waals surface area contributed by atoms with Gasteiger partial charge in [0.25, 0.3) is 0 Å². The standard InChI is InChI=1S/C19H24N6O/c1-2-17-20-8-11-24(17)10-7-18(26)25-9-3-4-15(13-25)16-6-5-14-12-21-23-19(14)22-16/h5-6,8,11-12,15H,2-4,7,9-10,13H2,1H3,(H,21,22,23)/t15-/m1/s1. The van der Waals surface area contributed by atoms with Crippen molar-refractivity contribution >= 4 is 16.9 Å². The van der Waals surface area contributed by atoms with Crippen molar-refractivity contribution in [3.63, 3.8) is 0 Å². The predicted octanol–water partition coefficient (Wildman–Crippen LogP) is 2.51. The van der Waals surface area contributed by atoms with Crippen LogP contribution in [0.15, 0.2) is 30.7 Å². The molecular weight excluding hydrogens is 328 g/mol. The number of hydrogen-bond acceptors (Lipinski definition) is 4. The zero-order valence-corrected chi connectivity index (χ0v) is 15.1. The van der Waals surface area contributed by atoms with Gasteiger partial charge in [0.2, 0.25) is 5.91 Å². The summed E-state index contributed by atoms with van der Waals surface area (Å²) in [7, 11) is 0. The number of piperidine rings is 1. The van der Waals surface area contributed by atoms with Gasteiger partial charge in [-0.05, 0) is 25.0 Å². The highest BCUT2D eigenvalue weighted by atomic mass is 16.2. The second-order valence-corrected chi connectivity index (χ2v) is 6.86. The van der Waals surface area contributed by atoms with Crippen molar-refractivity contribution in [3.05, 3.63) is 42.2 Å². The van der Waals surface area contributed by atoms with E-state index >= 15 is 0 Å². The number of nitrogens with zero attached hydrogens (tertiary/aromatic N) is 5. The first-order valence-corrected chi connectivity index (χ1v) is 9.32. The Morgan fingerprint density at radius 2 is 2.31 bits per heavy atom. The summed E-state index contributed by atoms with van der Waals surface area (Å²) >= 11 is 0. The highest BCUT2D eigenvalue weighted by Crippen LogP contribution is 2.27. The van der Waals surface area contributed by atoms with Gasteiger partial charge in [-0.3, -0.25) is 9.89 Å². The topological polar surface area (TPSA) is 79.7 Å². The van der Waals surface area contributed by atoms with E-state index in [0.717, 1.165) is 54.9 Å². The van der Waals surface area contributed by atoms with Gasteiger partial charge in [0.15, 0.2) is 5.65 Å². The molecule has 7 nitrogen and oxygen atoms in total. The third-order valence-electron chi connectivity index (χ3n) is 5.20. The summed E-state index contributed by atoms with van der Waals surface area (Å²) in [4.78, 5) is 23.7. The first-order valence-electron chi connectivity index (χ1n) is 9.32. The Morgan fingerprint density at radius 1 is 1.38 bits per heavy atom. The Morgan fingerprint density at radius 3 is 3.19 bits per heavy atom. The smallest absolute Gasteiger partial charge is 0.224 e. The van der Waals surface area contributed by atoms with E-state index in [0.29, 0.717) is 18.9 Å². The van der Waals surface area contributed by atoms with Gasteiger partial charge in [0.05, 0.1) is 6.20 Å². The molecule has 0 aliphatic carbocycles. The van der Waals surface area contributed by atoms with Crippen LogP contribution in [-0.2, 0) is 17.8 Å². The van der Waals surface area contributed by atoms with Crippen molar-refractivity contribution in [2.24, 2.45) is 0 Å². The second kappa shape index (κ2) is 7.27. The fourth-order valence-electron chi connectivity index (χ4n) is 3.75. The zero-order chi connectivity index (χ0) is 17.9. The van der Waals surface area contributed by atoms with Crippen LogP contribution in [-0.4, -0.2) is 48.6 Å². The van der Waals surface area contributed by atoms with Crippen LogP contribution in [0.2, 0.25) is 0 Å². The molecule has 0 aromatic carbocycles. The van der Waals surface area contributed by atoms with Gasteiger partial charge in [-0.2, -0.15) is 5.10 Å². The van der Waals surface area contributed by atoms with Crippen LogP contribution in [0.3, 0.4) is 0 Å². The van der Waals surface area contributed by atoms with E-state index < -0.39 is 0 Å². The molecule has 3 aromatic rings. The minimum Gasteiger partial charge on any atom is -0.342 e. The van der Waals surface area contributed by atoms with Gasteiger partial charge >= 0.3 is 0 Å². The quantitative estimate of drug-likeness (QED) is 0.765. The van der Waals surface area contributed by atoms with Crippen molar-refractivity contribution < 1.29 is 4.79 Å². The molecule has 0 unspecified atom stereocenters. The molecule has 0 spiro atoms. The van der Waals surface area contributed by atoms with Crippen molar-refractivity contribution in [3.8, 4) is 0 Å². The molecule has 1 aliphatic rings. The number of H-pyrrole nitrogens is 1. The summed E-state index contributed by atoms with van der Waals surface area (Å²) in [6.07, 6.45) is 9.02. The number of rotatable bonds is 5. The second-order valence-electron chi connectivity index (χ2n) is 6.86. The summed E-state index contributed by atoms with van der Waals surface area (Å²) in [5.74, 6) is 1.54. The number of aryl methyl sites for hydroxylation is 2. The number of fused-ring (bicyclic) bond motifs is 1. The van der Waals surface area contributed by atoms with Crippen LogP contribution in [0.25, 0.3) is 11.0 Å². The first kappa shape index (κ1) is 16.8. The number of nitrogens with one attached hydrogen (secondary N) is 1. The van der Waals surface area contributed by atoms with Crippen molar-refractivity contribution in [1.29, 1.82) is 0 Å². The van der Waals surface area contributed by atoms with E-state index in [1.807, 2.05) is 17.2 Å². The van der Waals surface area contributed by atoms with Crippen molar-refractivity contribution in [2.75, 3.05) is 13.1 Å². The Kier molecular flexibility index (Phi) is 4.69. The maximum atomic E-state index is 12.7. The van der Waals surface area contributed by atoms with Gasteiger partial charge < -0.3 is 9.47 Å². The molecule has 1 amide bonds. The van der Waals surface area contributed by atoms with Crippen molar-refractivity contribution in [2.45, 2.75) is 45.1 Å². The maximum absolute atomic E-state index is 12.7. The van der Waals surface area contributed by atoms with Crippen LogP contribution in [0.5, 0.6) is 0 Å². The van der Waals surface area contributed by atoms with Crippen LogP contribution < -0.4 is 0 Å². The molecule has 4 heterocycles. The summed E-state index contributed by atoms with van der Waals surface area (Å²) in [6.45, 7) is 4.36. The minimum absolute atomic E-state index is 0.216. The molecule has 0 radical (unpaired) electrons. The number of likely N-dealkylation sites (tertiary alicyclic amines) is 1. The lowest BCUT2D eigenvalue weighted by molar-refractivity contribution is -0.132. The lowest BCUT2D eigenvalue weighted by Gasteiger charge is -2.32. The average Bonchev–Trinajstić information content (AvgIpc) is 3.34. The van der Waals surface area contributed by atoms with Crippen LogP contribution >= 0.6 is 0 Å². The summed E-state index contributed by atoms with van der Waals surface area (Å²) in [5, 5.41) is 7.98. The van der Waals surface area contributed by atoms with Gasteiger partial charge in [-0.25, -0.2) is 9.97 Å². The van der Waals surface area contributed by atoms with Crippen LogP contribution in [0.4, 0.5) is 0 Å². The number of pyridine rings is 1. The lowest BCUT2D eigenvalue weighted by atomic mass is 9.94. The normalized spacial score (nSPS) is 17.7. The first-order chi connectivity index (χ1) is 12.7. The summed E-state index contributed by atoms with van der Waals surface area (Å²) in [6, 6.07) is 4.11. The summed E-state index contributed by atoms with van der Waals surface area (Å²) in [5.41, 5.74) is 1.86. The molecule has 1 aliphatic heterocycles. The molecule has 1 N–H and O–H groups in total.